The lowest BCUT2D eigenvalue weighted by molar-refractivity contribution is -0.125. The molecule has 1 rings (SSSR count). The van der Waals surface area contributed by atoms with E-state index in [2.05, 4.69) is 10.8 Å². The monoisotopic (exact) mass is 198 g/mol. The summed E-state index contributed by atoms with van der Waals surface area (Å²) in [7, 11) is 0. The molecule has 1 aliphatic heterocycles. The fourth-order valence-electron chi connectivity index (χ4n) is 1.08. The van der Waals surface area contributed by atoms with E-state index >= 15 is 0 Å². The first kappa shape index (κ1) is 10.7. The summed E-state index contributed by atoms with van der Waals surface area (Å²) in [6, 6.07) is -0.399. The molecule has 1 unspecified atom stereocenters. The largest absolute Gasteiger partial charge is 0.375 e. The van der Waals surface area contributed by atoms with E-state index in [1.54, 1.807) is 13.8 Å². The van der Waals surface area contributed by atoms with Crippen LogP contribution < -0.4 is 10.8 Å². The van der Waals surface area contributed by atoms with Gasteiger partial charge in [0, 0.05) is 11.3 Å². The summed E-state index contributed by atoms with van der Waals surface area (Å²) in [4.78, 5) is 26.8. The van der Waals surface area contributed by atoms with Crippen LogP contribution in [-0.2, 0) is 14.4 Å². The standard InChI is InChI=1S/C9H14N2O3/c1-5(7(3)12)6(2)10-8-4-14-11-9(8)13/h8,10H,4H2,1-3H3,(H,11,13). The SMILES string of the molecule is CC(=O)C(C)=C(C)NC1CONC1=O. The van der Waals surface area contributed by atoms with Crippen LogP contribution >= 0.6 is 0 Å². The molecule has 0 aromatic rings. The Hall–Kier alpha value is -1.36. The number of Topliss-reactive ketones (excluding diaryl/α,β-unsaturated/α-hetero) is 1. The smallest absolute Gasteiger partial charge is 0.268 e. The molecule has 0 radical (unpaired) electrons. The molecule has 1 fully saturated rings. The first-order valence-corrected chi connectivity index (χ1v) is 4.39. The van der Waals surface area contributed by atoms with E-state index in [-0.39, 0.29) is 18.3 Å². The summed E-state index contributed by atoms with van der Waals surface area (Å²) in [6.45, 7) is 5.26. The predicted molar refractivity (Wildman–Crippen MR) is 50.1 cm³/mol. The van der Waals surface area contributed by atoms with Crippen LogP contribution in [0.5, 0.6) is 0 Å². The van der Waals surface area contributed by atoms with Crippen molar-refractivity contribution in [3.8, 4) is 0 Å². The zero-order valence-electron chi connectivity index (χ0n) is 8.51. The molecule has 0 saturated carbocycles. The average Bonchev–Trinajstić information content (AvgIpc) is 2.50. The van der Waals surface area contributed by atoms with Crippen LogP contribution in [0.4, 0.5) is 0 Å². The van der Waals surface area contributed by atoms with Crippen molar-refractivity contribution in [2.75, 3.05) is 6.61 Å². The zero-order chi connectivity index (χ0) is 10.7. The Balaban J connectivity index is 2.64. The number of nitrogens with one attached hydrogen (secondary N) is 2. The van der Waals surface area contributed by atoms with Crippen LogP contribution in [0, 0.1) is 0 Å². The van der Waals surface area contributed by atoms with Gasteiger partial charge in [0.05, 0.1) is 0 Å². The van der Waals surface area contributed by atoms with Gasteiger partial charge in [-0.2, -0.15) is 0 Å². The Morgan fingerprint density at radius 3 is 2.57 bits per heavy atom. The third-order valence-corrected chi connectivity index (χ3v) is 2.22. The van der Waals surface area contributed by atoms with Crippen molar-refractivity contribution in [2.24, 2.45) is 0 Å². The van der Waals surface area contributed by atoms with Crippen LogP contribution in [0.2, 0.25) is 0 Å². The third kappa shape index (κ3) is 2.32. The fourth-order valence-corrected chi connectivity index (χ4v) is 1.08. The Labute approximate surface area is 82.5 Å². The van der Waals surface area contributed by atoms with Gasteiger partial charge in [-0.15, -0.1) is 0 Å². The second-order valence-electron chi connectivity index (χ2n) is 3.28. The van der Waals surface area contributed by atoms with Crippen LogP contribution in [-0.4, -0.2) is 24.3 Å². The van der Waals surface area contributed by atoms with Gasteiger partial charge in [-0.3, -0.25) is 14.4 Å². The van der Waals surface area contributed by atoms with Crippen LogP contribution in [0.25, 0.3) is 0 Å². The van der Waals surface area contributed by atoms with Crippen molar-refractivity contribution < 1.29 is 14.4 Å². The number of ketones is 1. The number of hydrogen-bond acceptors (Lipinski definition) is 4. The quantitative estimate of drug-likeness (QED) is 0.621. The van der Waals surface area contributed by atoms with E-state index in [1.165, 1.54) is 6.92 Å². The molecular weight excluding hydrogens is 184 g/mol. The normalized spacial score (nSPS) is 22.8. The van der Waals surface area contributed by atoms with Gasteiger partial charge in [0.1, 0.15) is 12.6 Å². The lowest BCUT2D eigenvalue weighted by Crippen LogP contribution is -2.37. The lowest BCUT2D eigenvalue weighted by atomic mass is 10.1. The molecule has 78 valence electrons. The highest BCUT2D eigenvalue weighted by Crippen LogP contribution is 2.04. The first-order valence-electron chi connectivity index (χ1n) is 4.39. The number of amides is 1. The summed E-state index contributed by atoms with van der Waals surface area (Å²) in [5.41, 5.74) is 3.57. The molecule has 0 aliphatic carbocycles. The maximum Gasteiger partial charge on any atom is 0.268 e. The highest BCUT2D eigenvalue weighted by Gasteiger charge is 2.25. The molecule has 1 saturated heterocycles. The molecule has 0 bridgehead atoms. The molecule has 14 heavy (non-hydrogen) atoms. The van der Waals surface area contributed by atoms with Crippen molar-refractivity contribution in [2.45, 2.75) is 26.8 Å². The molecule has 5 nitrogen and oxygen atoms in total. The van der Waals surface area contributed by atoms with E-state index in [4.69, 9.17) is 4.84 Å². The van der Waals surface area contributed by atoms with Crippen molar-refractivity contribution in [3.05, 3.63) is 11.3 Å². The topological polar surface area (TPSA) is 67.4 Å². The number of hydroxylamine groups is 1. The van der Waals surface area contributed by atoms with Crippen molar-refractivity contribution >= 4 is 11.7 Å². The van der Waals surface area contributed by atoms with E-state index in [1.807, 2.05) is 0 Å². The molecule has 0 spiro atoms. The summed E-state index contributed by atoms with van der Waals surface area (Å²) in [6.07, 6.45) is 0. The van der Waals surface area contributed by atoms with Crippen molar-refractivity contribution in [3.63, 3.8) is 0 Å². The van der Waals surface area contributed by atoms with Gasteiger partial charge in [0.25, 0.3) is 5.91 Å². The molecule has 5 heteroatoms. The minimum Gasteiger partial charge on any atom is -0.375 e. The minimum atomic E-state index is -0.399. The summed E-state index contributed by atoms with van der Waals surface area (Å²) in [5, 5.41) is 2.93. The molecule has 1 atom stereocenters. The highest BCUT2D eigenvalue weighted by molar-refractivity contribution is 5.93. The maximum atomic E-state index is 11.1. The molecule has 0 aromatic carbocycles. The second kappa shape index (κ2) is 4.23. The van der Waals surface area contributed by atoms with E-state index in [0.29, 0.717) is 11.3 Å². The Morgan fingerprint density at radius 2 is 2.14 bits per heavy atom. The van der Waals surface area contributed by atoms with Gasteiger partial charge in [0.2, 0.25) is 0 Å². The third-order valence-electron chi connectivity index (χ3n) is 2.22. The van der Waals surface area contributed by atoms with Gasteiger partial charge >= 0.3 is 0 Å². The average molecular weight is 198 g/mol. The molecule has 1 amide bonds. The lowest BCUT2D eigenvalue weighted by Gasteiger charge is -2.12. The van der Waals surface area contributed by atoms with Gasteiger partial charge in [0.15, 0.2) is 5.78 Å². The van der Waals surface area contributed by atoms with Crippen molar-refractivity contribution in [1.82, 2.24) is 10.8 Å². The van der Waals surface area contributed by atoms with Crippen LogP contribution in [0.1, 0.15) is 20.8 Å². The van der Waals surface area contributed by atoms with Gasteiger partial charge in [-0.05, 0) is 20.8 Å². The molecule has 0 aromatic heterocycles. The molecule has 1 aliphatic rings. The Bertz CT molecular complexity index is 296. The maximum absolute atomic E-state index is 11.1. The summed E-state index contributed by atoms with van der Waals surface area (Å²) in [5.74, 6) is -0.213. The van der Waals surface area contributed by atoms with E-state index in [0.717, 1.165) is 0 Å². The predicted octanol–water partition coefficient (Wildman–Crippen LogP) is -0.111. The Kier molecular flexibility index (Phi) is 3.24. The minimum absolute atomic E-state index is 0.00526. The number of hydrogen-bond donors (Lipinski definition) is 2. The van der Waals surface area contributed by atoms with E-state index < -0.39 is 6.04 Å². The van der Waals surface area contributed by atoms with Crippen LogP contribution in [0.3, 0.4) is 0 Å². The van der Waals surface area contributed by atoms with Crippen molar-refractivity contribution in [1.29, 1.82) is 0 Å². The van der Waals surface area contributed by atoms with Gasteiger partial charge in [-0.25, -0.2) is 5.48 Å². The number of carbonyl (C=O) groups is 2. The van der Waals surface area contributed by atoms with Gasteiger partial charge < -0.3 is 5.32 Å². The Morgan fingerprint density at radius 1 is 1.50 bits per heavy atom. The molecular formula is C9H14N2O3. The molecule has 2 N–H and O–H groups in total. The zero-order valence-corrected chi connectivity index (χ0v) is 8.51. The number of rotatable bonds is 3. The van der Waals surface area contributed by atoms with Crippen LogP contribution in [0.15, 0.2) is 11.3 Å². The fraction of sp³-hybridized carbons (Fsp3) is 0.556. The summed E-state index contributed by atoms with van der Waals surface area (Å²) >= 11 is 0. The number of carbonyl (C=O) groups excluding carboxylic acids is 2. The molecule has 1 heterocycles. The van der Waals surface area contributed by atoms with E-state index in [9.17, 15) is 9.59 Å². The highest BCUT2D eigenvalue weighted by atomic mass is 16.7. The number of allylic oxidation sites excluding steroid dienone is 2. The summed E-state index contributed by atoms with van der Waals surface area (Å²) < 4.78 is 0. The van der Waals surface area contributed by atoms with Gasteiger partial charge in [-0.1, -0.05) is 0 Å². The first-order chi connectivity index (χ1) is 6.52. The second-order valence-corrected chi connectivity index (χ2v) is 3.28.